The van der Waals surface area contributed by atoms with Crippen molar-refractivity contribution in [2.45, 2.75) is 12.3 Å². The van der Waals surface area contributed by atoms with Gasteiger partial charge in [0, 0.05) is 18.7 Å². The van der Waals surface area contributed by atoms with Gasteiger partial charge < -0.3 is 5.32 Å². The third-order valence-corrected chi connectivity index (χ3v) is 2.44. The lowest BCUT2D eigenvalue weighted by Crippen LogP contribution is -2.09. The molecular weight excluding hydrogens is 162 g/mol. The lowest BCUT2D eigenvalue weighted by molar-refractivity contribution is 0.755. The van der Waals surface area contributed by atoms with Gasteiger partial charge in [-0.1, -0.05) is 6.07 Å². The summed E-state index contributed by atoms with van der Waals surface area (Å²) in [5.74, 6) is 0.475. The van der Waals surface area contributed by atoms with E-state index in [1.165, 1.54) is 0 Å². The summed E-state index contributed by atoms with van der Waals surface area (Å²) in [6, 6.07) is 6.03. The first kappa shape index (κ1) is 8.21. The molecule has 1 aliphatic rings. The Hall–Kier alpha value is -1.40. The van der Waals surface area contributed by atoms with E-state index in [-0.39, 0.29) is 0 Å². The molecule has 0 radical (unpaired) electrons. The van der Waals surface area contributed by atoms with Crippen LogP contribution in [0, 0.1) is 11.3 Å². The van der Waals surface area contributed by atoms with Crippen LogP contribution in [0.4, 0.5) is 0 Å². The van der Waals surface area contributed by atoms with E-state index in [1.54, 1.807) is 6.20 Å². The Balaban J connectivity index is 2.33. The first-order valence-corrected chi connectivity index (χ1v) is 4.47. The number of hydrogen-bond donors (Lipinski definition) is 1. The second kappa shape index (κ2) is 3.55. The van der Waals surface area contributed by atoms with Gasteiger partial charge in [0.1, 0.15) is 11.8 Å². The summed E-state index contributed by atoms with van der Waals surface area (Å²) >= 11 is 0. The van der Waals surface area contributed by atoms with Crippen molar-refractivity contribution < 1.29 is 0 Å². The van der Waals surface area contributed by atoms with Crippen LogP contribution in [0.1, 0.15) is 23.6 Å². The highest BCUT2D eigenvalue weighted by molar-refractivity contribution is 5.34. The summed E-state index contributed by atoms with van der Waals surface area (Å²) in [5.41, 5.74) is 1.67. The maximum absolute atomic E-state index is 8.85. The maximum atomic E-state index is 8.85. The standard InChI is InChI=1S/C10H11N3/c11-6-10-9(2-1-4-13-10)8-3-5-12-7-8/h1-2,4,8,12H,3,5,7H2. The molecule has 1 saturated heterocycles. The van der Waals surface area contributed by atoms with Crippen molar-refractivity contribution in [3.05, 3.63) is 29.6 Å². The number of nitriles is 1. The molecular formula is C10H11N3. The van der Waals surface area contributed by atoms with Crippen molar-refractivity contribution in [3.8, 4) is 6.07 Å². The van der Waals surface area contributed by atoms with Gasteiger partial charge in [0.2, 0.25) is 0 Å². The Labute approximate surface area is 77.4 Å². The van der Waals surface area contributed by atoms with Crippen LogP contribution in [0.15, 0.2) is 18.3 Å². The minimum absolute atomic E-state index is 0.475. The molecule has 0 aliphatic carbocycles. The molecule has 0 bridgehead atoms. The lowest BCUT2D eigenvalue weighted by Gasteiger charge is -2.08. The predicted octanol–water partition coefficient (Wildman–Crippen LogP) is 1.03. The highest BCUT2D eigenvalue weighted by Crippen LogP contribution is 2.23. The minimum atomic E-state index is 0.475. The highest BCUT2D eigenvalue weighted by Gasteiger charge is 2.19. The average molecular weight is 173 g/mol. The minimum Gasteiger partial charge on any atom is -0.316 e. The summed E-state index contributed by atoms with van der Waals surface area (Å²) in [6.45, 7) is 2.02. The molecule has 66 valence electrons. The van der Waals surface area contributed by atoms with Crippen LogP contribution in [0.5, 0.6) is 0 Å². The molecule has 3 heteroatoms. The first-order valence-electron chi connectivity index (χ1n) is 4.47. The number of hydrogen-bond acceptors (Lipinski definition) is 3. The quantitative estimate of drug-likeness (QED) is 0.690. The number of pyridine rings is 1. The normalized spacial score (nSPS) is 21.3. The average Bonchev–Trinajstić information content (AvgIpc) is 2.70. The fraction of sp³-hybridized carbons (Fsp3) is 0.400. The smallest absolute Gasteiger partial charge is 0.143 e. The van der Waals surface area contributed by atoms with Crippen molar-refractivity contribution in [1.29, 1.82) is 5.26 Å². The van der Waals surface area contributed by atoms with Crippen molar-refractivity contribution in [3.63, 3.8) is 0 Å². The van der Waals surface area contributed by atoms with E-state index in [9.17, 15) is 0 Å². The molecule has 1 N–H and O–H groups in total. The van der Waals surface area contributed by atoms with Gasteiger partial charge in [-0.3, -0.25) is 0 Å². The zero-order chi connectivity index (χ0) is 9.10. The third-order valence-electron chi connectivity index (χ3n) is 2.44. The number of nitrogens with zero attached hydrogens (tertiary/aromatic N) is 2. The van der Waals surface area contributed by atoms with Crippen molar-refractivity contribution >= 4 is 0 Å². The number of rotatable bonds is 1. The van der Waals surface area contributed by atoms with Gasteiger partial charge in [-0.2, -0.15) is 5.26 Å². The van der Waals surface area contributed by atoms with Gasteiger partial charge in [0.05, 0.1) is 0 Å². The van der Waals surface area contributed by atoms with Gasteiger partial charge in [-0.15, -0.1) is 0 Å². The van der Waals surface area contributed by atoms with E-state index in [2.05, 4.69) is 16.4 Å². The molecule has 2 heterocycles. The fourth-order valence-electron chi connectivity index (χ4n) is 1.76. The molecule has 13 heavy (non-hydrogen) atoms. The van der Waals surface area contributed by atoms with Gasteiger partial charge in [-0.25, -0.2) is 4.98 Å². The van der Waals surface area contributed by atoms with E-state index in [4.69, 9.17) is 5.26 Å². The second-order valence-electron chi connectivity index (χ2n) is 3.24. The van der Waals surface area contributed by atoms with Crippen LogP contribution in [0.3, 0.4) is 0 Å². The molecule has 1 aliphatic heterocycles. The maximum Gasteiger partial charge on any atom is 0.143 e. The molecule has 0 amide bonds. The molecule has 1 atom stereocenters. The van der Waals surface area contributed by atoms with Crippen LogP contribution < -0.4 is 5.32 Å². The van der Waals surface area contributed by atoms with Gasteiger partial charge in [-0.05, 0) is 24.6 Å². The number of aromatic nitrogens is 1. The molecule has 0 aromatic carbocycles. The highest BCUT2D eigenvalue weighted by atomic mass is 14.9. The van der Waals surface area contributed by atoms with Crippen LogP contribution in [-0.2, 0) is 0 Å². The topological polar surface area (TPSA) is 48.7 Å². The first-order chi connectivity index (χ1) is 6.42. The Morgan fingerprint density at radius 2 is 2.54 bits per heavy atom. The van der Waals surface area contributed by atoms with E-state index < -0.39 is 0 Å². The fourth-order valence-corrected chi connectivity index (χ4v) is 1.76. The van der Waals surface area contributed by atoms with Crippen LogP contribution in [0.2, 0.25) is 0 Å². The van der Waals surface area contributed by atoms with Gasteiger partial charge in [0.25, 0.3) is 0 Å². The van der Waals surface area contributed by atoms with E-state index in [0.717, 1.165) is 25.1 Å². The van der Waals surface area contributed by atoms with Crippen LogP contribution >= 0.6 is 0 Å². The summed E-state index contributed by atoms with van der Waals surface area (Å²) in [4.78, 5) is 4.05. The molecule has 1 aromatic heterocycles. The van der Waals surface area contributed by atoms with E-state index >= 15 is 0 Å². The Kier molecular flexibility index (Phi) is 2.24. The molecule has 3 nitrogen and oxygen atoms in total. The van der Waals surface area contributed by atoms with Crippen molar-refractivity contribution in [2.75, 3.05) is 13.1 Å². The van der Waals surface area contributed by atoms with Crippen molar-refractivity contribution in [2.24, 2.45) is 0 Å². The van der Waals surface area contributed by atoms with E-state index in [1.807, 2.05) is 12.1 Å². The SMILES string of the molecule is N#Cc1ncccc1C1CCNC1. The molecule has 1 fully saturated rings. The summed E-state index contributed by atoms with van der Waals surface area (Å²) in [5, 5.41) is 12.1. The van der Waals surface area contributed by atoms with Crippen LogP contribution in [0.25, 0.3) is 0 Å². The molecule has 1 unspecified atom stereocenters. The lowest BCUT2D eigenvalue weighted by atomic mass is 9.97. The molecule has 0 saturated carbocycles. The zero-order valence-corrected chi connectivity index (χ0v) is 7.33. The Morgan fingerprint density at radius 1 is 1.62 bits per heavy atom. The summed E-state index contributed by atoms with van der Waals surface area (Å²) in [6.07, 6.45) is 2.78. The monoisotopic (exact) mass is 173 g/mol. The summed E-state index contributed by atoms with van der Waals surface area (Å²) in [7, 11) is 0. The zero-order valence-electron chi connectivity index (χ0n) is 7.33. The van der Waals surface area contributed by atoms with Crippen molar-refractivity contribution in [1.82, 2.24) is 10.3 Å². The molecule has 1 aromatic rings. The molecule has 0 spiro atoms. The number of nitrogens with one attached hydrogen (secondary N) is 1. The predicted molar refractivity (Wildman–Crippen MR) is 49.2 cm³/mol. The summed E-state index contributed by atoms with van der Waals surface area (Å²) < 4.78 is 0. The Morgan fingerprint density at radius 3 is 3.23 bits per heavy atom. The van der Waals surface area contributed by atoms with Gasteiger partial charge >= 0.3 is 0 Å². The van der Waals surface area contributed by atoms with Gasteiger partial charge in [0.15, 0.2) is 0 Å². The molecule has 2 rings (SSSR count). The third kappa shape index (κ3) is 1.53. The van der Waals surface area contributed by atoms with E-state index in [0.29, 0.717) is 11.6 Å². The second-order valence-corrected chi connectivity index (χ2v) is 3.24. The Bertz CT molecular complexity index is 334. The largest absolute Gasteiger partial charge is 0.316 e. The van der Waals surface area contributed by atoms with Crippen LogP contribution in [-0.4, -0.2) is 18.1 Å².